The molecule has 1 fully saturated rings. The van der Waals surface area contributed by atoms with Gasteiger partial charge in [-0.05, 0) is 19.4 Å². The Morgan fingerprint density at radius 1 is 1.24 bits per heavy atom. The number of aliphatic hydroxyl groups excluding tert-OH is 1. The molecule has 2 atom stereocenters. The van der Waals surface area contributed by atoms with Crippen LogP contribution in [-0.2, 0) is 9.47 Å². The fraction of sp³-hybridized carbons (Fsp3) is 0.571. The van der Waals surface area contributed by atoms with Crippen molar-refractivity contribution in [1.29, 1.82) is 0 Å². The first-order chi connectivity index (χ1) is 8.23. The summed E-state index contributed by atoms with van der Waals surface area (Å²) in [5.41, 5.74) is 0.929. The molecule has 2 rings (SSSR count). The van der Waals surface area contributed by atoms with Crippen LogP contribution in [0.4, 0.5) is 0 Å². The van der Waals surface area contributed by atoms with Gasteiger partial charge in [-0.3, -0.25) is 0 Å². The van der Waals surface area contributed by atoms with Gasteiger partial charge in [0.15, 0.2) is 5.79 Å². The van der Waals surface area contributed by atoms with Crippen molar-refractivity contribution in [2.24, 2.45) is 5.92 Å². The van der Waals surface area contributed by atoms with E-state index in [0.29, 0.717) is 13.2 Å². The first kappa shape index (κ1) is 12.6. The smallest absolute Gasteiger partial charge is 0.174 e. The molecule has 3 heteroatoms. The molecule has 0 saturated heterocycles. The SMILES string of the molecule is CCOC1(OCC)CC1C(O)c1ccccc1. The first-order valence-corrected chi connectivity index (χ1v) is 6.24. The van der Waals surface area contributed by atoms with Crippen LogP contribution in [0.5, 0.6) is 0 Å². The van der Waals surface area contributed by atoms with Gasteiger partial charge in [0.1, 0.15) is 0 Å². The van der Waals surface area contributed by atoms with Gasteiger partial charge in [-0.25, -0.2) is 0 Å². The van der Waals surface area contributed by atoms with Crippen LogP contribution in [0.3, 0.4) is 0 Å². The highest BCUT2D eigenvalue weighted by Gasteiger charge is 2.60. The van der Waals surface area contributed by atoms with E-state index in [-0.39, 0.29) is 5.92 Å². The van der Waals surface area contributed by atoms with Gasteiger partial charge >= 0.3 is 0 Å². The van der Waals surface area contributed by atoms with Gasteiger partial charge in [0, 0.05) is 25.6 Å². The molecule has 0 amide bonds. The summed E-state index contributed by atoms with van der Waals surface area (Å²) in [6.07, 6.45) is 0.263. The van der Waals surface area contributed by atoms with Gasteiger partial charge in [0.25, 0.3) is 0 Å². The Bertz CT molecular complexity index is 344. The Morgan fingerprint density at radius 3 is 2.35 bits per heavy atom. The maximum atomic E-state index is 10.3. The van der Waals surface area contributed by atoms with Gasteiger partial charge in [-0.2, -0.15) is 0 Å². The van der Waals surface area contributed by atoms with E-state index in [9.17, 15) is 5.11 Å². The fourth-order valence-corrected chi connectivity index (χ4v) is 2.34. The van der Waals surface area contributed by atoms with E-state index in [0.717, 1.165) is 12.0 Å². The Kier molecular flexibility index (Phi) is 3.82. The lowest BCUT2D eigenvalue weighted by molar-refractivity contribution is -0.179. The maximum absolute atomic E-state index is 10.3. The number of aliphatic hydroxyl groups is 1. The van der Waals surface area contributed by atoms with Gasteiger partial charge in [-0.1, -0.05) is 30.3 Å². The normalized spacial score (nSPS) is 23.4. The van der Waals surface area contributed by atoms with Gasteiger partial charge in [-0.15, -0.1) is 0 Å². The zero-order chi connectivity index (χ0) is 12.3. The van der Waals surface area contributed by atoms with Gasteiger partial charge in [0.05, 0.1) is 6.10 Å². The average Bonchev–Trinajstić information content (AvgIpc) is 3.04. The lowest BCUT2D eigenvalue weighted by Crippen LogP contribution is -2.24. The third-order valence-electron chi connectivity index (χ3n) is 3.21. The second kappa shape index (κ2) is 5.17. The molecule has 1 aliphatic carbocycles. The molecule has 1 aliphatic rings. The quantitative estimate of drug-likeness (QED) is 0.771. The van der Waals surface area contributed by atoms with Crippen LogP contribution in [0.2, 0.25) is 0 Å². The lowest BCUT2D eigenvalue weighted by Gasteiger charge is -2.20. The molecule has 0 bridgehead atoms. The largest absolute Gasteiger partial charge is 0.388 e. The van der Waals surface area contributed by atoms with Crippen molar-refractivity contribution in [3.63, 3.8) is 0 Å². The third kappa shape index (κ3) is 2.51. The predicted molar refractivity (Wildman–Crippen MR) is 65.5 cm³/mol. The Labute approximate surface area is 102 Å². The molecule has 0 aliphatic heterocycles. The topological polar surface area (TPSA) is 38.7 Å². The summed E-state index contributed by atoms with van der Waals surface area (Å²) in [4.78, 5) is 0. The number of hydrogen-bond donors (Lipinski definition) is 1. The Morgan fingerprint density at radius 2 is 1.82 bits per heavy atom. The van der Waals surface area contributed by atoms with Crippen molar-refractivity contribution < 1.29 is 14.6 Å². The molecule has 17 heavy (non-hydrogen) atoms. The van der Waals surface area contributed by atoms with Crippen molar-refractivity contribution in [3.05, 3.63) is 35.9 Å². The zero-order valence-electron chi connectivity index (χ0n) is 10.4. The van der Waals surface area contributed by atoms with E-state index in [1.165, 1.54) is 0 Å². The lowest BCUT2D eigenvalue weighted by atomic mass is 10.1. The second-order valence-electron chi connectivity index (χ2n) is 4.34. The summed E-state index contributed by atoms with van der Waals surface area (Å²) in [6, 6.07) is 9.69. The first-order valence-electron chi connectivity index (χ1n) is 6.24. The van der Waals surface area contributed by atoms with Crippen molar-refractivity contribution in [2.45, 2.75) is 32.2 Å². The second-order valence-corrected chi connectivity index (χ2v) is 4.34. The van der Waals surface area contributed by atoms with Crippen LogP contribution in [-0.4, -0.2) is 24.1 Å². The maximum Gasteiger partial charge on any atom is 0.174 e. The Balaban J connectivity index is 2.05. The zero-order valence-corrected chi connectivity index (χ0v) is 10.4. The minimum Gasteiger partial charge on any atom is -0.388 e. The molecule has 1 saturated carbocycles. The monoisotopic (exact) mass is 236 g/mol. The number of hydrogen-bond acceptors (Lipinski definition) is 3. The number of ether oxygens (including phenoxy) is 2. The van der Waals surface area contributed by atoms with Crippen molar-refractivity contribution in [2.75, 3.05) is 13.2 Å². The summed E-state index contributed by atoms with van der Waals surface area (Å²) in [7, 11) is 0. The van der Waals surface area contributed by atoms with Crippen molar-refractivity contribution in [3.8, 4) is 0 Å². The average molecular weight is 236 g/mol. The van der Waals surface area contributed by atoms with Crippen LogP contribution in [0.15, 0.2) is 30.3 Å². The molecular weight excluding hydrogens is 216 g/mol. The minimum absolute atomic E-state index is 0.0461. The van der Waals surface area contributed by atoms with E-state index in [4.69, 9.17) is 9.47 Å². The van der Waals surface area contributed by atoms with Gasteiger partial charge in [0.2, 0.25) is 0 Å². The summed E-state index contributed by atoms with van der Waals surface area (Å²) in [5, 5.41) is 10.3. The number of benzene rings is 1. The van der Waals surface area contributed by atoms with Crippen LogP contribution in [0, 0.1) is 5.92 Å². The Hall–Kier alpha value is -0.900. The van der Waals surface area contributed by atoms with Gasteiger partial charge < -0.3 is 14.6 Å². The molecule has 0 radical (unpaired) electrons. The standard InChI is InChI=1S/C14H20O3/c1-3-16-14(17-4-2)10-12(14)13(15)11-8-6-5-7-9-11/h5-9,12-13,15H,3-4,10H2,1-2H3. The van der Waals surface area contributed by atoms with E-state index in [2.05, 4.69) is 0 Å². The summed E-state index contributed by atoms with van der Waals surface area (Å²) < 4.78 is 11.3. The molecule has 94 valence electrons. The highest BCUT2D eigenvalue weighted by molar-refractivity contribution is 5.21. The van der Waals surface area contributed by atoms with E-state index in [1.54, 1.807) is 0 Å². The minimum atomic E-state index is -0.557. The molecule has 3 nitrogen and oxygen atoms in total. The van der Waals surface area contributed by atoms with E-state index in [1.807, 2.05) is 44.2 Å². The van der Waals surface area contributed by atoms with E-state index < -0.39 is 11.9 Å². The summed E-state index contributed by atoms with van der Waals surface area (Å²) >= 11 is 0. The molecule has 0 spiro atoms. The third-order valence-corrected chi connectivity index (χ3v) is 3.21. The summed E-state index contributed by atoms with van der Waals surface area (Å²) in [6.45, 7) is 5.12. The van der Waals surface area contributed by atoms with E-state index >= 15 is 0 Å². The van der Waals surface area contributed by atoms with Crippen molar-refractivity contribution in [1.82, 2.24) is 0 Å². The van der Waals surface area contributed by atoms with Crippen LogP contribution in [0.1, 0.15) is 31.9 Å². The van der Waals surface area contributed by atoms with Crippen LogP contribution < -0.4 is 0 Å². The molecule has 0 aromatic heterocycles. The number of rotatable bonds is 6. The molecule has 1 aromatic rings. The molecule has 0 heterocycles. The predicted octanol–water partition coefficient (Wildman–Crippen LogP) is 2.51. The van der Waals surface area contributed by atoms with Crippen molar-refractivity contribution >= 4 is 0 Å². The van der Waals surface area contributed by atoms with Crippen LogP contribution >= 0.6 is 0 Å². The molecule has 1 aromatic carbocycles. The molecule has 1 N–H and O–H groups in total. The van der Waals surface area contributed by atoms with Crippen LogP contribution in [0.25, 0.3) is 0 Å². The fourth-order valence-electron chi connectivity index (χ4n) is 2.34. The highest BCUT2D eigenvalue weighted by Crippen LogP contribution is 2.54. The molecular formula is C14H20O3. The summed E-state index contributed by atoms with van der Waals surface area (Å²) in [5.74, 6) is -0.511. The highest BCUT2D eigenvalue weighted by atomic mass is 16.7. The molecule has 2 unspecified atom stereocenters.